The third kappa shape index (κ3) is 4.40. The van der Waals surface area contributed by atoms with Gasteiger partial charge in [0.05, 0.1) is 5.69 Å². The summed E-state index contributed by atoms with van der Waals surface area (Å²) in [6.45, 7) is 2.76. The summed E-state index contributed by atoms with van der Waals surface area (Å²) in [5, 5.41) is 0. The summed E-state index contributed by atoms with van der Waals surface area (Å²) in [6.07, 6.45) is 6.95. The Balaban J connectivity index is 0.00000150. The molecule has 1 saturated heterocycles. The van der Waals surface area contributed by atoms with Crippen LogP contribution >= 0.6 is 24.8 Å². The minimum atomic E-state index is -0.499. The summed E-state index contributed by atoms with van der Waals surface area (Å²) in [7, 11) is 1.80. The maximum absolute atomic E-state index is 11.6. The summed E-state index contributed by atoms with van der Waals surface area (Å²) >= 11 is 0. The van der Waals surface area contributed by atoms with Crippen LogP contribution in [0.3, 0.4) is 0 Å². The predicted molar refractivity (Wildman–Crippen MR) is 116 cm³/mol. The van der Waals surface area contributed by atoms with Crippen molar-refractivity contribution in [2.45, 2.75) is 31.4 Å². The lowest BCUT2D eigenvalue weighted by atomic mass is 9.62. The number of nitrogens with two attached hydrogens (primary N) is 1. The highest BCUT2D eigenvalue weighted by atomic mass is 35.5. The smallest absolute Gasteiger partial charge is 0.267 e. The van der Waals surface area contributed by atoms with Gasteiger partial charge in [0.25, 0.3) is 5.91 Å². The van der Waals surface area contributed by atoms with Crippen molar-refractivity contribution >= 4 is 30.7 Å². The van der Waals surface area contributed by atoms with E-state index >= 15 is 0 Å². The van der Waals surface area contributed by atoms with Crippen molar-refractivity contribution in [1.29, 1.82) is 0 Å². The van der Waals surface area contributed by atoms with E-state index in [2.05, 4.69) is 20.9 Å². The van der Waals surface area contributed by atoms with Crippen LogP contribution in [-0.2, 0) is 16.9 Å². The highest BCUT2D eigenvalue weighted by Crippen LogP contribution is 2.51. The van der Waals surface area contributed by atoms with Crippen LogP contribution < -0.4 is 5.73 Å². The fourth-order valence-corrected chi connectivity index (χ4v) is 5.11. The van der Waals surface area contributed by atoms with Crippen molar-refractivity contribution in [2.75, 3.05) is 20.2 Å². The molecule has 2 aliphatic rings. The molecule has 1 amide bonds. The summed E-state index contributed by atoms with van der Waals surface area (Å²) < 4.78 is 6.24. The average molecular weight is 439 g/mol. The number of methoxy groups -OCH3 is 1. The number of ether oxygens (including phenoxy) is 1. The van der Waals surface area contributed by atoms with Crippen LogP contribution in [0.25, 0.3) is 0 Å². The van der Waals surface area contributed by atoms with Gasteiger partial charge in [0.1, 0.15) is 11.3 Å². The van der Waals surface area contributed by atoms with Crippen LogP contribution in [0.1, 0.15) is 41.0 Å². The molecule has 4 rings (SSSR count). The lowest BCUT2D eigenvalue weighted by Gasteiger charge is -2.55. The highest BCUT2D eigenvalue weighted by Gasteiger charge is 2.53. The number of likely N-dealkylation sites (tertiary alicyclic amines) is 1. The van der Waals surface area contributed by atoms with Crippen molar-refractivity contribution in [1.82, 2.24) is 14.9 Å². The monoisotopic (exact) mass is 438 g/mol. The molecule has 3 heterocycles. The number of carbonyl (C=O) groups excluding carboxylic acids is 1. The molecule has 1 saturated carbocycles. The highest BCUT2D eigenvalue weighted by molar-refractivity contribution is 5.90. The standard InChI is InChI=1S/C21H26N4O2.2ClH/c1-27-21(15-8-10-24-19(11-15)20(22)26)16-5-4-6-17(21)13-25(12-16)14-18-7-2-3-9-23-18;;/h2-3,7-11,16-17H,4-6,12-14H2,1H3,(H2,22,26);2*1H/t16-,17+,21-;;. The van der Waals surface area contributed by atoms with E-state index in [1.54, 1.807) is 13.3 Å². The predicted octanol–water partition coefficient (Wildman–Crippen LogP) is 3.19. The van der Waals surface area contributed by atoms with Gasteiger partial charge in [-0.3, -0.25) is 19.7 Å². The quantitative estimate of drug-likeness (QED) is 0.774. The molecule has 8 heteroatoms. The van der Waals surface area contributed by atoms with Gasteiger partial charge in [-0.1, -0.05) is 12.5 Å². The number of primary amides is 1. The van der Waals surface area contributed by atoms with Crippen molar-refractivity contribution < 1.29 is 9.53 Å². The fourth-order valence-electron chi connectivity index (χ4n) is 5.11. The zero-order valence-electron chi connectivity index (χ0n) is 16.5. The molecule has 1 aliphatic heterocycles. The second-order valence-corrected chi connectivity index (χ2v) is 7.63. The molecule has 6 nitrogen and oxygen atoms in total. The van der Waals surface area contributed by atoms with Crippen LogP contribution in [0.5, 0.6) is 0 Å². The van der Waals surface area contributed by atoms with Crippen molar-refractivity contribution in [2.24, 2.45) is 17.6 Å². The second-order valence-electron chi connectivity index (χ2n) is 7.63. The van der Waals surface area contributed by atoms with Crippen LogP contribution in [-0.4, -0.2) is 41.0 Å². The summed E-state index contributed by atoms with van der Waals surface area (Å²) in [6, 6.07) is 9.87. The number of fused-ring (bicyclic) bond motifs is 2. The Bertz CT molecular complexity index is 807. The molecular weight excluding hydrogens is 411 g/mol. The Labute approximate surface area is 184 Å². The molecule has 0 aromatic carbocycles. The normalized spacial score (nSPS) is 26.1. The van der Waals surface area contributed by atoms with Gasteiger partial charge in [0, 0.05) is 51.0 Å². The van der Waals surface area contributed by atoms with Gasteiger partial charge < -0.3 is 10.5 Å². The van der Waals surface area contributed by atoms with Gasteiger partial charge in [0.15, 0.2) is 0 Å². The van der Waals surface area contributed by atoms with Crippen LogP contribution in [0, 0.1) is 11.8 Å². The average Bonchev–Trinajstić information content (AvgIpc) is 2.68. The molecule has 1 aliphatic carbocycles. The van der Waals surface area contributed by atoms with Crippen molar-refractivity contribution in [3.63, 3.8) is 0 Å². The number of amides is 1. The molecule has 2 bridgehead atoms. The number of halogens is 2. The van der Waals surface area contributed by atoms with E-state index in [1.807, 2.05) is 30.5 Å². The zero-order chi connectivity index (χ0) is 18.9. The van der Waals surface area contributed by atoms with Gasteiger partial charge >= 0.3 is 0 Å². The maximum atomic E-state index is 11.6. The lowest BCUT2D eigenvalue weighted by Crippen LogP contribution is -2.58. The number of carbonyl (C=O) groups is 1. The number of rotatable bonds is 5. The first-order chi connectivity index (χ1) is 13.1. The Kier molecular flexibility index (Phi) is 8.00. The molecule has 3 atom stereocenters. The second kappa shape index (κ2) is 9.85. The Hall–Kier alpha value is -1.73. The summed E-state index contributed by atoms with van der Waals surface area (Å²) in [4.78, 5) is 22.7. The third-order valence-corrected chi connectivity index (χ3v) is 6.19. The third-order valence-electron chi connectivity index (χ3n) is 6.19. The molecule has 29 heavy (non-hydrogen) atoms. The van der Waals surface area contributed by atoms with Gasteiger partial charge in [-0.15, -0.1) is 24.8 Å². The Morgan fingerprint density at radius 2 is 1.90 bits per heavy atom. The first kappa shape index (κ1) is 23.5. The SMILES string of the molecule is CO[C@]1(c2ccnc(C(N)=O)c2)[C@@H]2CCC[C@H]1CN(Cc1ccccn1)C2.Cl.Cl. The topological polar surface area (TPSA) is 81.3 Å². The molecule has 2 fully saturated rings. The molecule has 158 valence electrons. The molecule has 2 aromatic rings. The summed E-state index contributed by atoms with van der Waals surface area (Å²) in [5.74, 6) is 0.226. The molecule has 2 N–H and O–H groups in total. The number of hydrogen-bond acceptors (Lipinski definition) is 5. The molecule has 0 unspecified atom stereocenters. The van der Waals surface area contributed by atoms with Crippen LogP contribution in [0.15, 0.2) is 42.7 Å². The minimum absolute atomic E-state index is 0. The van der Waals surface area contributed by atoms with Crippen LogP contribution in [0.4, 0.5) is 0 Å². The Morgan fingerprint density at radius 1 is 1.17 bits per heavy atom. The van der Waals surface area contributed by atoms with Crippen LogP contribution in [0.2, 0.25) is 0 Å². The van der Waals surface area contributed by atoms with E-state index in [0.29, 0.717) is 17.5 Å². The van der Waals surface area contributed by atoms with E-state index in [4.69, 9.17) is 10.5 Å². The van der Waals surface area contributed by atoms with E-state index in [0.717, 1.165) is 43.7 Å². The fraction of sp³-hybridized carbons (Fsp3) is 0.476. The van der Waals surface area contributed by atoms with Crippen molar-refractivity contribution in [3.05, 3.63) is 59.7 Å². The first-order valence-electron chi connectivity index (χ1n) is 9.57. The van der Waals surface area contributed by atoms with Gasteiger partial charge in [-0.05, 0) is 42.7 Å². The van der Waals surface area contributed by atoms with E-state index in [1.165, 1.54) is 6.42 Å². The van der Waals surface area contributed by atoms with Crippen molar-refractivity contribution in [3.8, 4) is 0 Å². The lowest BCUT2D eigenvalue weighted by molar-refractivity contribution is -0.170. The maximum Gasteiger partial charge on any atom is 0.267 e. The van der Waals surface area contributed by atoms with Gasteiger partial charge in [-0.25, -0.2) is 0 Å². The molecule has 0 spiro atoms. The number of aromatic nitrogens is 2. The largest absolute Gasteiger partial charge is 0.373 e. The molecule has 0 radical (unpaired) electrons. The van der Waals surface area contributed by atoms with Gasteiger partial charge in [0.2, 0.25) is 0 Å². The number of hydrogen-bond donors (Lipinski definition) is 1. The number of nitrogens with zero attached hydrogens (tertiary/aromatic N) is 3. The number of piperidine rings is 1. The van der Waals surface area contributed by atoms with Gasteiger partial charge in [-0.2, -0.15) is 0 Å². The molecule has 2 aromatic heterocycles. The first-order valence-corrected chi connectivity index (χ1v) is 9.57. The van der Waals surface area contributed by atoms with E-state index in [-0.39, 0.29) is 30.4 Å². The van der Waals surface area contributed by atoms with E-state index < -0.39 is 5.91 Å². The molecular formula is C21H28Cl2N4O2. The summed E-state index contributed by atoms with van der Waals surface area (Å²) in [5.41, 5.74) is 7.51. The zero-order valence-corrected chi connectivity index (χ0v) is 18.1. The minimum Gasteiger partial charge on any atom is -0.373 e. The number of pyridine rings is 2. The van der Waals surface area contributed by atoms with E-state index in [9.17, 15) is 4.79 Å². The Morgan fingerprint density at radius 3 is 2.48 bits per heavy atom.